The highest BCUT2D eigenvalue weighted by Crippen LogP contribution is 2.27. The van der Waals surface area contributed by atoms with Crippen molar-refractivity contribution in [3.63, 3.8) is 0 Å². The van der Waals surface area contributed by atoms with E-state index in [-0.39, 0.29) is 5.92 Å². The summed E-state index contributed by atoms with van der Waals surface area (Å²) in [6.45, 7) is 5.21. The summed E-state index contributed by atoms with van der Waals surface area (Å²) in [5.41, 5.74) is 0. The molecule has 108 valence electrons. The van der Waals surface area contributed by atoms with Crippen LogP contribution in [0, 0.1) is 11.8 Å². The molecule has 1 amide bonds. The quantitative estimate of drug-likeness (QED) is 0.807. The van der Waals surface area contributed by atoms with Crippen LogP contribution in [0.3, 0.4) is 0 Å². The highest BCUT2D eigenvalue weighted by molar-refractivity contribution is 5.79. The molecule has 3 fully saturated rings. The van der Waals surface area contributed by atoms with Gasteiger partial charge in [-0.1, -0.05) is 0 Å². The van der Waals surface area contributed by atoms with Crippen molar-refractivity contribution in [2.75, 3.05) is 39.8 Å². The van der Waals surface area contributed by atoms with Gasteiger partial charge in [-0.05, 0) is 58.2 Å². The third-order valence-corrected chi connectivity index (χ3v) is 5.26. The Morgan fingerprint density at radius 3 is 2.47 bits per heavy atom. The number of hydrogen-bond donors (Lipinski definition) is 1. The van der Waals surface area contributed by atoms with Gasteiger partial charge in [-0.2, -0.15) is 0 Å². The zero-order valence-corrected chi connectivity index (χ0v) is 12.1. The van der Waals surface area contributed by atoms with Crippen molar-refractivity contribution in [1.82, 2.24) is 15.1 Å². The summed E-state index contributed by atoms with van der Waals surface area (Å²) in [7, 11) is 2.12. The number of hydrogen-bond acceptors (Lipinski definition) is 3. The second kappa shape index (κ2) is 5.80. The fourth-order valence-electron chi connectivity index (χ4n) is 4.03. The van der Waals surface area contributed by atoms with Gasteiger partial charge in [-0.3, -0.25) is 4.79 Å². The molecule has 0 bridgehead atoms. The van der Waals surface area contributed by atoms with E-state index in [1.165, 1.54) is 32.2 Å². The van der Waals surface area contributed by atoms with Crippen LogP contribution in [0.5, 0.6) is 0 Å². The molecule has 0 saturated carbocycles. The number of likely N-dealkylation sites (tertiary alicyclic amines) is 2. The van der Waals surface area contributed by atoms with Crippen LogP contribution in [0.1, 0.15) is 32.1 Å². The Bertz CT molecular complexity index is 319. The minimum absolute atomic E-state index is 0.270. The van der Waals surface area contributed by atoms with Crippen LogP contribution in [0.25, 0.3) is 0 Å². The fourth-order valence-corrected chi connectivity index (χ4v) is 4.03. The van der Waals surface area contributed by atoms with E-state index < -0.39 is 0 Å². The molecule has 0 aliphatic carbocycles. The van der Waals surface area contributed by atoms with Gasteiger partial charge in [0.05, 0.1) is 5.92 Å². The Labute approximate surface area is 116 Å². The number of piperidine rings is 1. The molecule has 4 nitrogen and oxygen atoms in total. The average molecular weight is 265 g/mol. The number of amides is 1. The molecule has 0 aromatic carbocycles. The van der Waals surface area contributed by atoms with Crippen molar-refractivity contribution >= 4 is 5.91 Å². The van der Waals surface area contributed by atoms with Gasteiger partial charge in [-0.15, -0.1) is 0 Å². The lowest BCUT2D eigenvalue weighted by atomic mass is 9.88. The van der Waals surface area contributed by atoms with Gasteiger partial charge in [0.25, 0.3) is 0 Å². The van der Waals surface area contributed by atoms with E-state index in [4.69, 9.17) is 0 Å². The topological polar surface area (TPSA) is 35.6 Å². The van der Waals surface area contributed by atoms with Crippen molar-refractivity contribution in [2.24, 2.45) is 11.8 Å². The van der Waals surface area contributed by atoms with E-state index in [0.717, 1.165) is 44.6 Å². The van der Waals surface area contributed by atoms with Gasteiger partial charge in [0.15, 0.2) is 0 Å². The molecule has 3 saturated heterocycles. The number of carbonyl (C=O) groups excluding carboxylic acids is 1. The smallest absolute Gasteiger partial charge is 0.227 e. The average Bonchev–Trinajstić information content (AvgIpc) is 3.09. The maximum Gasteiger partial charge on any atom is 0.227 e. The third kappa shape index (κ3) is 2.95. The van der Waals surface area contributed by atoms with Gasteiger partial charge in [-0.25, -0.2) is 0 Å². The highest BCUT2D eigenvalue weighted by atomic mass is 16.2. The van der Waals surface area contributed by atoms with Gasteiger partial charge in [0.2, 0.25) is 5.91 Å². The van der Waals surface area contributed by atoms with Crippen molar-refractivity contribution in [3.8, 4) is 0 Å². The van der Waals surface area contributed by atoms with E-state index in [1.807, 2.05) is 0 Å². The predicted octanol–water partition coefficient (Wildman–Crippen LogP) is 0.929. The summed E-state index contributed by atoms with van der Waals surface area (Å²) in [6, 6.07) is 0.731. The number of nitrogens with one attached hydrogen (secondary N) is 1. The van der Waals surface area contributed by atoms with Crippen molar-refractivity contribution in [3.05, 3.63) is 0 Å². The summed E-state index contributed by atoms with van der Waals surface area (Å²) >= 11 is 0. The fraction of sp³-hybridized carbons (Fsp3) is 0.933. The van der Waals surface area contributed by atoms with Gasteiger partial charge >= 0.3 is 0 Å². The summed E-state index contributed by atoms with van der Waals surface area (Å²) in [5, 5.41) is 3.62. The number of rotatable bonds is 2. The number of nitrogens with zero attached hydrogens (tertiary/aromatic N) is 2. The van der Waals surface area contributed by atoms with Gasteiger partial charge in [0, 0.05) is 25.7 Å². The molecule has 2 atom stereocenters. The Balaban J connectivity index is 1.48. The van der Waals surface area contributed by atoms with Gasteiger partial charge in [0.1, 0.15) is 0 Å². The highest BCUT2D eigenvalue weighted by Gasteiger charge is 2.34. The molecule has 4 heteroatoms. The van der Waals surface area contributed by atoms with E-state index in [1.54, 1.807) is 0 Å². The second-order valence-corrected chi connectivity index (χ2v) is 6.61. The van der Waals surface area contributed by atoms with Crippen LogP contribution in [-0.2, 0) is 4.79 Å². The Hall–Kier alpha value is -0.610. The molecule has 1 N–H and O–H groups in total. The second-order valence-electron chi connectivity index (χ2n) is 6.61. The van der Waals surface area contributed by atoms with Crippen molar-refractivity contribution in [1.29, 1.82) is 0 Å². The first-order valence-corrected chi connectivity index (χ1v) is 7.95. The van der Waals surface area contributed by atoms with E-state index >= 15 is 0 Å². The van der Waals surface area contributed by atoms with Crippen LogP contribution >= 0.6 is 0 Å². The molecule has 0 aromatic rings. The summed E-state index contributed by atoms with van der Waals surface area (Å²) in [4.78, 5) is 16.9. The molecule has 3 heterocycles. The molecule has 0 spiro atoms. The Morgan fingerprint density at radius 2 is 1.89 bits per heavy atom. The van der Waals surface area contributed by atoms with E-state index in [9.17, 15) is 4.79 Å². The van der Waals surface area contributed by atoms with Crippen LogP contribution in [0.4, 0.5) is 0 Å². The molecule has 19 heavy (non-hydrogen) atoms. The normalized spacial score (nSPS) is 34.1. The van der Waals surface area contributed by atoms with Crippen molar-refractivity contribution < 1.29 is 4.79 Å². The Kier molecular flexibility index (Phi) is 4.08. The van der Waals surface area contributed by atoms with E-state index in [2.05, 4.69) is 22.2 Å². The summed E-state index contributed by atoms with van der Waals surface area (Å²) < 4.78 is 0. The van der Waals surface area contributed by atoms with Crippen molar-refractivity contribution in [2.45, 2.75) is 38.1 Å². The monoisotopic (exact) mass is 265 g/mol. The lowest BCUT2D eigenvalue weighted by Crippen LogP contribution is -2.45. The lowest BCUT2D eigenvalue weighted by Gasteiger charge is -2.36. The first-order valence-electron chi connectivity index (χ1n) is 7.95. The van der Waals surface area contributed by atoms with E-state index in [0.29, 0.717) is 5.91 Å². The summed E-state index contributed by atoms with van der Waals surface area (Å²) in [6.07, 6.45) is 6.13. The molecular formula is C15H27N3O. The number of carbonyl (C=O) groups is 1. The zero-order valence-electron chi connectivity index (χ0n) is 12.1. The molecule has 3 aliphatic rings. The largest absolute Gasteiger partial charge is 0.342 e. The zero-order chi connectivity index (χ0) is 13.2. The van der Waals surface area contributed by atoms with Crippen LogP contribution in [-0.4, -0.2) is 61.5 Å². The first-order chi connectivity index (χ1) is 9.24. The standard InChI is InChI=1S/C15H27N3O/c1-17-8-4-13(11-17)15(19)18-9-5-12(6-10-18)14-3-2-7-16-14/h12-14,16H,2-11H2,1H3. The molecule has 0 aromatic heterocycles. The van der Waals surface area contributed by atoms with Crippen LogP contribution in [0.2, 0.25) is 0 Å². The SMILES string of the molecule is CN1CCC(C(=O)N2CCC(C3CCCN3)CC2)C1. The molecule has 3 rings (SSSR count). The lowest BCUT2D eigenvalue weighted by molar-refractivity contribution is -0.136. The Morgan fingerprint density at radius 1 is 1.11 bits per heavy atom. The third-order valence-electron chi connectivity index (χ3n) is 5.26. The minimum Gasteiger partial charge on any atom is -0.342 e. The first kappa shape index (κ1) is 13.4. The maximum absolute atomic E-state index is 12.5. The van der Waals surface area contributed by atoms with Gasteiger partial charge < -0.3 is 15.1 Å². The van der Waals surface area contributed by atoms with Crippen LogP contribution < -0.4 is 5.32 Å². The molecule has 3 aliphatic heterocycles. The summed E-state index contributed by atoms with van der Waals surface area (Å²) in [5.74, 6) is 1.49. The van der Waals surface area contributed by atoms with Crippen LogP contribution in [0.15, 0.2) is 0 Å². The minimum atomic E-state index is 0.270. The maximum atomic E-state index is 12.5. The predicted molar refractivity (Wildman–Crippen MR) is 75.9 cm³/mol. The molecular weight excluding hydrogens is 238 g/mol. The molecule has 2 unspecified atom stereocenters. The molecule has 0 radical (unpaired) electrons.